The minimum absolute atomic E-state index is 0.0166. The van der Waals surface area contributed by atoms with Crippen LogP contribution in [0.2, 0.25) is 5.02 Å². The van der Waals surface area contributed by atoms with E-state index in [9.17, 15) is 4.79 Å². The van der Waals surface area contributed by atoms with Crippen LogP contribution in [0, 0.1) is 5.92 Å². The van der Waals surface area contributed by atoms with Crippen molar-refractivity contribution in [3.8, 4) is 5.69 Å². The molecule has 180 valence electrons. The van der Waals surface area contributed by atoms with Gasteiger partial charge < -0.3 is 9.88 Å². The van der Waals surface area contributed by atoms with Crippen molar-refractivity contribution in [1.29, 1.82) is 0 Å². The Labute approximate surface area is 212 Å². The van der Waals surface area contributed by atoms with Crippen LogP contribution in [0.4, 0.5) is 5.69 Å². The molecule has 1 aromatic heterocycles. The predicted octanol–water partition coefficient (Wildman–Crippen LogP) is 7.26. The third kappa shape index (κ3) is 5.44. The molecule has 0 radical (unpaired) electrons. The largest absolute Gasteiger partial charge is 0.326 e. The Kier molecular flexibility index (Phi) is 6.94. The van der Waals surface area contributed by atoms with E-state index in [1.807, 2.05) is 44.2 Å². The Hall–Kier alpha value is -3.08. The van der Waals surface area contributed by atoms with Crippen LogP contribution < -0.4 is 5.32 Å². The predicted molar refractivity (Wildman–Crippen MR) is 145 cm³/mol. The molecule has 0 bridgehead atoms. The third-order valence-corrected chi connectivity index (χ3v) is 7.26. The minimum atomic E-state index is -0.0166. The molecule has 1 aliphatic heterocycles. The van der Waals surface area contributed by atoms with Gasteiger partial charge in [-0.05, 0) is 97.6 Å². The van der Waals surface area contributed by atoms with Gasteiger partial charge in [-0.25, -0.2) is 0 Å². The van der Waals surface area contributed by atoms with Crippen molar-refractivity contribution >= 4 is 34.1 Å². The highest BCUT2D eigenvalue weighted by Gasteiger charge is 2.21. The Bertz CT molecular complexity index is 1320. The van der Waals surface area contributed by atoms with E-state index in [1.54, 1.807) is 0 Å². The number of carbonyl (C=O) groups is 1. The molecule has 0 atom stereocenters. The highest BCUT2D eigenvalue weighted by molar-refractivity contribution is 6.30. The van der Waals surface area contributed by atoms with Gasteiger partial charge in [0.25, 0.3) is 0 Å². The molecule has 1 N–H and O–H groups in total. The van der Waals surface area contributed by atoms with Crippen molar-refractivity contribution in [1.82, 2.24) is 9.47 Å². The molecule has 1 saturated heterocycles. The summed E-state index contributed by atoms with van der Waals surface area (Å²) in [5.74, 6) is 0.590. The fraction of sp³-hybridized carbons (Fsp3) is 0.300. The molecule has 4 nitrogen and oxygen atoms in total. The number of aromatic nitrogens is 1. The van der Waals surface area contributed by atoms with Gasteiger partial charge in [0.15, 0.2) is 0 Å². The second-order valence-corrected chi connectivity index (χ2v) is 10.3. The number of likely N-dealkylation sites (tertiary alicyclic amines) is 1. The SMILES string of the molecule is CC(C)C(=O)Nc1cccc(C2CCN(Cc3ccc4c(ccn4-c4ccc(Cl)cc4)c3)CC2)c1. The number of anilines is 1. The number of carbonyl (C=O) groups excluding carboxylic acids is 1. The summed E-state index contributed by atoms with van der Waals surface area (Å²) < 4.78 is 2.21. The van der Waals surface area contributed by atoms with Gasteiger partial charge in [0.05, 0.1) is 5.52 Å². The fourth-order valence-corrected chi connectivity index (χ4v) is 5.08. The van der Waals surface area contributed by atoms with Crippen LogP contribution in [0.5, 0.6) is 0 Å². The molecule has 0 saturated carbocycles. The fourth-order valence-electron chi connectivity index (χ4n) is 4.96. The maximum Gasteiger partial charge on any atom is 0.226 e. The van der Waals surface area contributed by atoms with Crippen molar-refractivity contribution < 1.29 is 4.79 Å². The topological polar surface area (TPSA) is 37.3 Å². The number of benzene rings is 3. The van der Waals surface area contributed by atoms with Crippen LogP contribution in [0.25, 0.3) is 16.6 Å². The van der Waals surface area contributed by atoms with Gasteiger partial charge in [0, 0.05) is 40.4 Å². The van der Waals surface area contributed by atoms with E-state index in [0.29, 0.717) is 5.92 Å². The zero-order chi connectivity index (χ0) is 24.4. The molecule has 35 heavy (non-hydrogen) atoms. The molecule has 1 fully saturated rings. The van der Waals surface area contributed by atoms with Gasteiger partial charge >= 0.3 is 0 Å². The monoisotopic (exact) mass is 485 g/mol. The number of halogens is 1. The molecule has 0 aliphatic carbocycles. The molecule has 5 heteroatoms. The van der Waals surface area contributed by atoms with Gasteiger partial charge in [-0.2, -0.15) is 0 Å². The average Bonchev–Trinajstić information content (AvgIpc) is 3.28. The minimum Gasteiger partial charge on any atom is -0.326 e. The number of nitrogens with zero attached hydrogens (tertiary/aromatic N) is 2. The summed E-state index contributed by atoms with van der Waals surface area (Å²) in [5, 5.41) is 5.04. The van der Waals surface area contributed by atoms with E-state index in [4.69, 9.17) is 11.6 Å². The van der Waals surface area contributed by atoms with E-state index in [-0.39, 0.29) is 11.8 Å². The first-order valence-electron chi connectivity index (χ1n) is 12.5. The molecular weight excluding hydrogens is 454 g/mol. The maximum absolute atomic E-state index is 12.1. The van der Waals surface area contributed by atoms with E-state index < -0.39 is 0 Å². The normalized spacial score (nSPS) is 15.1. The summed E-state index contributed by atoms with van der Waals surface area (Å²) in [7, 11) is 0. The molecule has 0 spiro atoms. The molecule has 0 unspecified atom stereocenters. The molecule has 1 aliphatic rings. The summed E-state index contributed by atoms with van der Waals surface area (Å²) in [5.41, 5.74) is 5.91. The van der Waals surface area contributed by atoms with Crippen LogP contribution in [-0.4, -0.2) is 28.5 Å². The number of nitrogens with one attached hydrogen (secondary N) is 1. The summed E-state index contributed by atoms with van der Waals surface area (Å²) in [6, 6.07) is 25.3. The number of amides is 1. The van der Waals surface area contributed by atoms with E-state index in [2.05, 4.69) is 63.4 Å². The van der Waals surface area contributed by atoms with E-state index >= 15 is 0 Å². The quantitative estimate of drug-likeness (QED) is 0.312. The number of hydrogen-bond acceptors (Lipinski definition) is 2. The van der Waals surface area contributed by atoms with Crippen molar-refractivity contribution in [3.63, 3.8) is 0 Å². The Morgan fingerprint density at radius 3 is 2.51 bits per heavy atom. The maximum atomic E-state index is 12.1. The number of fused-ring (bicyclic) bond motifs is 1. The number of hydrogen-bond donors (Lipinski definition) is 1. The van der Waals surface area contributed by atoms with E-state index in [1.165, 1.54) is 22.0 Å². The van der Waals surface area contributed by atoms with Gasteiger partial charge in [-0.3, -0.25) is 9.69 Å². The second kappa shape index (κ2) is 10.3. The zero-order valence-corrected chi connectivity index (χ0v) is 21.1. The lowest BCUT2D eigenvalue weighted by Crippen LogP contribution is -2.32. The highest BCUT2D eigenvalue weighted by atomic mass is 35.5. The van der Waals surface area contributed by atoms with Crippen molar-refractivity contribution in [3.05, 3.63) is 95.1 Å². The van der Waals surface area contributed by atoms with Crippen LogP contribution in [0.1, 0.15) is 43.7 Å². The smallest absolute Gasteiger partial charge is 0.226 e. The van der Waals surface area contributed by atoms with Crippen LogP contribution in [0.15, 0.2) is 79.0 Å². The molecule has 3 aromatic carbocycles. The van der Waals surface area contributed by atoms with Gasteiger partial charge in [0.2, 0.25) is 5.91 Å². The lowest BCUT2D eigenvalue weighted by atomic mass is 9.89. The number of rotatable bonds is 6. The standard InChI is InChI=1S/C30H32ClN3O/c1-21(2)30(35)32-27-5-3-4-24(19-27)23-12-15-33(16-13-23)20-22-6-11-29-25(18-22)14-17-34(29)28-9-7-26(31)8-10-28/h3-11,14,17-19,21,23H,12-13,15-16,20H2,1-2H3,(H,32,35). The first-order chi connectivity index (χ1) is 17.0. The Balaban J connectivity index is 1.21. The summed E-state index contributed by atoms with van der Waals surface area (Å²) in [6.45, 7) is 6.97. The first-order valence-corrected chi connectivity index (χ1v) is 12.8. The molecule has 4 aromatic rings. The molecule has 5 rings (SSSR count). The van der Waals surface area contributed by atoms with Gasteiger partial charge in [0.1, 0.15) is 0 Å². The zero-order valence-electron chi connectivity index (χ0n) is 20.4. The molecule has 2 heterocycles. The van der Waals surface area contributed by atoms with Crippen LogP contribution >= 0.6 is 11.6 Å². The van der Waals surface area contributed by atoms with Gasteiger partial charge in [-0.15, -0.1) is 0 Å². The number of piperidine rings is 1. The van der Waals surface area contributed by atoms with Crippen molar-refractivity contribution in [2.24, 2.45) is 5.92 Å². The van der Waals surface area contributed by atoms with Crippen LogP contribution in [0.3, 0.4) is 0 Å². The average molecular weight is 486 g/mol. The molecular formula is C30H32ClN3O. The first kappa shape index (κ1) is 23.7. The van der Waals surface area contributed by atoms with E-state index in [0.717, 1.165) is 48.9 Å². The van der Waals surface area contributed by atoms with Crippen molar-refractivity contribution in [2.45, 2.75) is 39.2 Å². The summed E-state index contributed by atoms with van der Waals surface area (Å²) >= 11 is 6.05. The lowest BCUT2D eigenvalue weighted by molar-refractivity contribution is -0.118. The second-order valence-electron chi connectivity index (χ2n) is 9.88. The Morgan fingerprint density at radius 2 is 1.77 bits per heavy atom. The summed E-state index contributed by atoms with van der Waals surface area (Å²) in [4.78, 5) is 14.6. The van der Waals surface area contributed by atoms with Crippen molar-refractivity contribution in [2.75, 3.05) is 18.4 Å². The highest BCUT2D eigenvalue weighted by Crippen LogP contribution is 2.31. The summed E-state index contributed by atoms with van der Waals surface area (Å²) in [6.07, 6.45) is 4.40. The van der Waals surface area contributed by atoms with Crippen LogP contribution in [-0.2, 0) is 11.3 Å². The lowest BCUT2D eigenvalue weighted by Gasteiger charge is -2.32. The Morgan fingerprint density at radius 1 is 1.00 bits per heavy atom. The van der Waals surface area contributed by atoms with Gasteiger partial charge in [-0.1, -0.05) is 43.6 Å². The third-order valence-electron chi connectivity index (χ3n) is 7.00. The molecule has 1 amide bonds.